The van der Waals surface area contributed by atoms with E-state index in [0.717, 1.165) is 26.9 Å². The van der Waals surface area contributed by atoms with Gasteiger partial charge in [-0.3, -0.25) is 4.57 Å². The number of hydrogen-bond donors (Lipinski definition) is 1. The van der Waals surface area contributed by atoms with Crippen molar-refractivity contribution < 1.29 is 4.74 Å². The summed E-state index contributed by atoms with van der Waals surface area (Å²) in [6.45, 7) is 0.411. The number of hydrogen-bond acceptors (Lipinski definition) is 3. The van der Waals surface area contributed by atoms with Gasteiger partial charge in [-0.15, -0.1) is 0 Å². The Balaban J connectivity index is 2.03. The number of aromatic amines is 1. The van der Waals surface area contributed by atoms with Gasteiger partial charge in [0.15, 0.2) is 0 Å². The monoisotopic (exact) mass is 331 g/mol. The van der Waals surface area contributed by atoms with E-state index in [4.69, 9.17) is 4.74 Å². The summed E-state index contributed by atoms with van der Waals surface area (Å²) in [5.41, 5.74) is 2.41. The van der Waals surface area contributed by atoms with Crippen LogP contribution in [0, 0.1) is 0 Å². The molecule has 4 rings (SSSR count). The van der Waals surface area contributed by atoms with Crippen molar-refractivity contribution in [2.75, 3.05) is 6.61 Å². The smallest absolute Gasteiger partial charge is 0.327 e. The number of H-pyrrole nitrogens is 1. The first-order valence-electron chi connectivity index (χ1n) is 6.22. The second-order valence-electron chi connectivity index (χ2n) is 4.66. The molecule has 1 N–H and O–H groups in total. The molecule has 0 saturated heterocycles. The third-order valence-corrected chi connectivity index (χ3v) is 4.22. The summed E-state index contributed by atoms with van der Waals surface area (Å²) < 4.78 is 8.28. The van der Waals surface area contributed by atoms with Gasteiger partial charge in [0.2, 0.25) is 0 Å². The van der Waals surface area contributed by atoms with Gasteiger partial charge in [0.1, 0.15) is 28.5 Å². The van der Waals surface area contributed by atoms with Gasteiger partial charge in [0.05, 0.1) is 5.52 Å². The van der Waals surface area contributed by atoms with Crippen LogP contribution in [-0.2, 0) is 0 Å². The van der Waals surface area contributed by atoms with Crippen molar-refractivity contribution in [3.63, 3.8) is 0 Å². The Bertz CT molecular complexity index is 868. The van der Waals surface area contributed by atoms with E-state index >= 15 is 0 Å². The molecule has 0 bridgehead atoms. The molecule has 0 amide bonds. The topological polar surface area (TPSA) is 59.9 Å². The third kappa shape index (κ3) is 1.54. The molecule has 0 aliphatic carbocycles. The largest absolute Gasteiger partial charge is 0.489 e. The maximum Gasteiger partial charge on any atom is 0.327 e. The van der Waals surface area contributed by atoms with E-state index < -0.39 is 0 Å². The number of ether oxygens (including phenoxy) is 1. The maximum atomic E-state index is 12.3. The third-order valence-electron chi connectivity index (χ3n) is 3.56. The molecule has 1 unspecified atom stereocenters. The van der Waals surface area contributed by atoms with Gasteiger partial charge >= 0.3 is 5.69 Å². The zero-order valence-corrected chi connectivity index (χ0v) is 11.9. The molecule has 1 atom stereocenters. The summed E-state index contributed by atoms with van der Waals surface area (Å²) in [7, 11) is 0. The first-order valence-corrected chi connectivity index (χ1v) is 7.01. The molecular formula is C14H10BrN3O2. The number of rotatable bonds is 1. The lowest BCUT2D eigenvalue weighted by Gasteiger charge is -2.25. The highest BCUT2D eigenvalue weighted by molar-refractivity contribution is 9.10. The van der Waals surface area contributed by atoms with E-state index in [-0.39, 0.29) is 11.7 Å². The number of para-hydroxylation sites is 1. The Morgan fingerprint density at radius 2 is 2.25 bits per heavy atom. The molecule has 1 aromatic carbocycles. The number of halogens is 1. The van der Waals surface area contributed by atoms with Crippen molar-refractivity contribution in [1.82, 2.24) is 14.5 Å². The molecule has 100 valence electrons. The highest BCUT2D eigenvalue weighted by Crippen LogP contribution is 2.34. The van der Waals surface area contributed by atoms with Crippen LogP contribution in [0.4, 0.5) is 0 Å². The fourth-order valence-corrected chi connectivity index (χ4v) is 3.20. The molecular weight excluding hydrogens is 322 g/mol. The van der Waals surface area contributed by atoms with Crippen LogP contribution in [0.1, 0.15) is 11.6 Å². The zero-order valence-electron chi connectivity index (χ0n) is 10.3. The van der Waals surface area contributed by atoms with Crippen molar-refractivity contribution in [2.45, 2.75) is 6.04 Å². The summed E-state index contributed by atoms with van der Waals surface area (Å²) in [6, 6.07) is 9.24. The van der Waals surface area contributed by atoms with E-state index in [0.29, 0.717) is 6.61 Å². The second kappa shape index (κ2) is 4.21. The lowest BCUT2D eigenvalue weighted by atomic mass is 10.1. The molecule has 0 saturated carbocycles. The Labute approximate surface area is 122 Å². The van der Waals surface area contributed by atoms with Gasteiger partial charge in [0, 0.05) is 11.8 Å². The lowest BCUT2D eigenvalue weighted by Crippen LogP contribution is -2.30. The lowest BCUT2D eigenvalue weighted by molar-refractivity contribution is 0.256. The molecule has 0 fully saturated rings. The first kappa shape index (κ1) is 11.7. The van der Waals surface area contributed by atoms with E-state index in [1.54, 1.807) is 10.8 Å². The summed E-state index contributed by atoms with van der Waals surface area (Å²) in [4.78, 5) is 19.4. The quantitative estimate of drug-likeness (QED) is 0.697. The summed E-state index contributed by atoms with van der Waals surface area (Å²) in [5, 5.41) is 0. The molecule has 3 aromatic rings. The van der Waals surface area contributed by atoms with Gasteiger partial charge < -0.3 is 9.72 Å². The average Bonchev–Trinajstić information content (AvgIpc) is 2.80. The minimum Gasteiger partial charge on any atom is -0.489 e. The number of nitrogens with zero attached hydrogens (tertiary/aromatic N) is 2. The summed E-state index contributed by atoms with van der Waals surface area (Å²) >= 11 is 3.44. The molecule has 5 nitrogen and oxygen atoms in total. The molecule has 3 heterocycles. The second-order valence-corrected chi connectivity index (χ2v) is 5.41. The van der Waals surface area contributed by atoms with Crippen LogP contribution in [-0.4, -0.2) is 21.1 Å². The van der Waals surface area contributed by atoms with Crippen molar-refractivity contribution in [1.29, 1.82) is 0 Å². The average molecular weight is 332 g/mol. The highest BCUT2D eigenvalue weighted by Gasteiger charge is 2.28. The zero-order chi connectivity index (χ0) is 13.7. The van der Waals surface area contributed by atoms with Gasteiger partial charge in [-0.1, -0.05) is 12.1 Å². The van der Waals surface area contributed by atoms with Gasteiger partial charge in [-0.25, -0.2) is 9.78 Å². The van der Waals surface area contributed by atoms with Crippen LogP contribution < -0.4 is 10.4 Å². The van der Waals surface area contributed by atoms with Crippen molar-refractivity contribution in [2.24, 2.45) is 0 Å². The predicted octanol–water partition coefficient (Wildman–Crippen LogP) is 2.47. The Kier molecular flexibility index (Phi) is 2.47. The van der Waals surface area contributed by atoms with Crippen molar-refractivity contribution in [3.8, 4) is 5.75 Å². The first-order chi connectivity index (χ1) is 9.75. The maximum absolute atomic E-state index is 12.3. The highest BCUT2D eigenvalue weighted by atomic mass is 79.9. The Morgan fingerprint density at radius 3 is 3.10 bits per heavy atom. The van der Waals surface area contributed by atoms with E-state index in [9.17, 15) is 4.79 Å². The normalized spacial score (nSPS) is 17.1. The van der Waals surface area contributed by atoms with Gasteiger partial charge in [-0.2, -0.15) is 0 Å². The molecule has 0 spiro atoms. The van der Waals surface area contributed by atoms with Crippen LogP contribution in [0.5, 0.6) is 5.75 Å². The number of nitrogens with one attached hydrogen (secondary N) is 1. The number of aromatic nitrogens is 3. The van der Waals surface area contributed by atoms with Crippen LogP contribution in [0.2, 0.25) is 0 Å². The molecule has 1 aliphatic heterocycles. The van der Waals surface area contributed by atoms with E-state index in [1.165, 1.54) is 0 Å². The SMILES string of the molecule is O=c1[nH]c2cccc3c2n1C(c1cccnc1Br)CO3. The van der Waals surface area contributed by atoms with Crippen molar-refractivity contribution in [3.05, 3.63) is 57.2 Å². The predicted molar refractivity (Wildman–Crippen MR) is 78.1 cm³/mol. The minimum atomic E-state index is -0.186. The Morgan fingerprint density at radius 1 is 1.35 bits per heavy atom. The number of imidazole rings is 1. The van der Waals surface area contributed by atoms with Gasteiger partial charge in [0.25, 0.3) is 0 Å². The summed E-state index contributed by atoms with van der Waals surface area (Å²) in [5.74, 6) is 0.733. The summed E-state index contributed by atoms with van der Waals surface area (Å²) in [6.07, 6.45) is 1.71. The van der Waals surface area contributed by atoms with Crippen LogP contribution in [0.3, 0.4) is 0 Å². The van der Waals surface area contributed by atoms with Crippen molar-refractivity contribution >= 4 is 27.0 Å². The fraction of sp³-hybridized carbons (Fsp3) is 0.143. The van der Waals surface area contributed by atoms with Gasteiger partial charge in [-0.05, 0) is 34.1 Å². The minimum absolute atomic E-state index is 0.128. The Hall–Kier alpha value is -2.08. The van der Waals surface area contributed by atoms with Crippen LogP contribution in [0.25, 0.3) is 11.0 Å². The molecule has 2 aromatic heterocycles. The number of benzene rings is 1. The molecule has 6 heteroatoms. The van der Waals surface area contributed by atoms with Crippen LogP contribution >= 0.6 is 15.9 Å². The molecule has 20 heavy (non-hydrogen) atoms. The molecule has 1 aliphatic rings. The van der Waals surface area contributed by atoms with Crippen LogP contribution in [0.15, 0.2) is 45.9 Å². The fourth-order valence-electron chi connectivity index (χ4n) is 2.68. The molecule has 0 radical (unpaired) electrons. The number of pyridine rings is 1. The van der Waals surface area contributed by atoms with E-state index in [2.05, 4.69) is 25.9 Å². The van der Waals surface area contributed by atoms with E-state index in [1.807, 2.05) is 30.3 Å². The standard InChI is InChI=1S/C14H10BrN3O2/c15-13-8(3-2-6-16-13)10-7-20-11-5-1-4-9-12(11)18(10)14(19)17-9/h1-6,10H,7H2,(H,17,19).